The third-order valence-corrected chi connectivity index (χ3v) is 6.03. The van der Waals surface area contributed by atoms with Crippen LogP contribution < -0.4 is 20.4 Å². The highest BCUT2D eigenvalue weighted by Gasteiger charge is 2.13. The van der Waals surface area contributed by atoms with E-state index in [1.54, 1.807) is 22.7 Å². The summed E-state index contributed by atoms with van der Waals surface area (Å²) in [6.45, 7) is 12.8. The average Bonchev–Trinajstić information content (AvgIpc) is 3.26. The molecule has 8 heteroatoms. The van der Waals surface area contributed by atoms with Gasteiger partial charge in [0.05, 0.1) is 11.4 Å². The van der Waals surface area contributed by atoms with Gasteiger partial charge in [0, 0.05) is 63.1 Å². The molecule has 0 bridgehead atoms. The predicted molar refractivity (Wildman–Crippen MR) is 104 cm³/mol. The fraction of sp³-hybridized carbons (Fsp3) is 0.625. The minimum Gasteiger partial charge on any atom is -0.346 e. The molecule has 2 aromatic rings. The van der Waals surface area contributed by atoms with Crippen molar-refractivity contribution in [1.29, 1.82) is 0 Å². The van der Waals surface area contributed by atoms with Crippen molar-refractivity contribution in [1.82, 2.24) is 20.6 Å². The molecule has 2 aromatic heterocycles. The molecule has 0 spiro atoms. The van der Waals surface area contributed by atoms with Crippen molar-refractivity contribution < 1.29 is 0 Å². The summed E-state index contributed by atoms with van der Waals surface area (Å²) in [4.78, 5) is 13.6. The van der Waals surface area contributed by atoms with Crippen LogP contribution in [0.25, 0.3) is 0 Å². The Kier molecular flexibility index (Phi) is 6.42. The summed E-state index contributed by atoms with van der Waals surface area (Å²) < 4.78 is 0. The first-order valence-corrected chi connectivity index (χ1v) is 10.2. The minimum atomic E-state index is 1.08. The topological polar surface area (TPSA) is 56.3 Å². The van der Waals surface area contributed by atoms with Crippen LogP contribution in [0.3, 0.4) is 0 Å². The number of nitrogens with zero attached hydrogens (tertiary/aromatic N) is 4. The third-order valence-electron chi connectivity index (χ3n) is 3.99. The van der Waals surface area contributed by atoms with Gasteiger partial charge in [-0.3, -0.25) is 0 Å². The van der Waals surface area contributed by atoms with E-state index in [4.69, 9.17) is 0 Å². The standard InChI is InChI=1S/2C8H13N3S/c2*1-7-6-12-8(10-7)11-4-2-9-3-5-11/h2*6,9H,2-5H2,1H3. The van der Waals surface area contributed by atoms with Crippen molar-refractivity contribution in [2.45, 2.75) is 13.8 Å². The summed E-state index contributed by atoms with van der Waals surface area (Å²) >= 11 is 3.49. The van der Waals surface area contributed by atoms with E-state index in [-0.39, 0.29) is 0 Å². The zero-order chi connectivity index (χ0) is 16.8. The number of thiazole rings is 2. The van der Waals surface area contributed by atoms with E-state index in [9.17, 15) is 0 Å². The van der Waals surface area contributed by atoms with E-state index in [1.807, 2.05) is 13.8 Å². The molecular formula is C16H26N6S2. The lowest BCUT2D eigenvalue weighted by atomic mass is 10.4. The van der Waals surface area contributed by atoms with Crippen molar-refractivity contribution in [3.63, 3.8) is 0 Å². The van der Waals surface area contributed by atoms with Crippen LogP contribution in [0.1, 0.15) is 11.4 Å². The van der Waals surface area contributed by atoms with Crippen LogP contribution in [0.15, 0.2) is 10.8 Å². The fourth-order valence-corrected chi connectivity index (χ4v) is 4.40. The fourth-order valence-electron chi connectivity index (χ4n) is 2.69. The van der Waals surface area contributed by atoms with E-state index in [2.05, 4.69) is 41.2 Å². The molecule has 0 aromatic carbocycles. The normalized spacial score (nSPS) is 18.2. The van der Waals surface area contributed by atoms with Crippen LogP contribution in [0.4, 0.5) is 10.3 Å². The maximum Gasteiger partial charge on any atom is 0.185 e. The molecule has 6 nitrogen and oxygen atoms in total. The highest BCUT2D eigenvalue weighted by atomic mass is 32.1. The van der Waals surface area contributed by atoms with Gasteiger partial charge >= 0.3 is 0 Å². The van der Waals surface area contributed by atoms with Crippen molar-refractivity contribution >= 4 is 32.9 Å². The number of hydrogen-bond acceptors (Lipinski definition) is 8. The first-order chi connectivity index (χ1) is 11.7. The van der Waals surface area contributed by atoms with Gasteiger partial charge in [-0.05, 0) is 13.8 Å². The molecule has 132 valence electrons. The highest BCUT2D eigenvalue weighted by Crippen LogP contribution is 2.20. The summed E-state index contributed by atoms with van der Waals surface area (Å²) in [5, 5.41) is 13.2. The number of hydrogen-bond donors (Lipinski definition) is 2. The van der Waals surface area contributed by atoms with Crippen molar-refractivity contribution in [2.24, 2.45) is 0 Å². The average molecular weight is 367 g/mol. The van der Waals surface area contributed by atoms with Crippen LogP contribution in [-0.4, -0.2) is 62.3 Å². The van der Waals surface area contributed by atoms with Crippen molar-refractivity contribution in [2.75, 3.05) is 62.2 Å². The smallest absolute Gasteiger partial charge is 0.185 e. The zero-order valence-electron chi connectivity index (χ0n) is 14.4. The molecule has 4 heterocycles. The first kappa shape index (κ1) is 17.6. The summed E-state index contributed by atoms with van der Waals surface area (Å²) in [7, 11) is 0. The predicted octanol–water partition coefficient (Wildman–Crippen LogP) is 1.72. The molecule has 0 atom stereocenters. The molecule has 2 aliphatic rings. The lowest BCUT2D eigenvalue weighted by Gasteiger charge is -2.26. The van der Waals surface area contributed by atoms with E-state index in [0.29, 0.717) is 0 Å². The second kappa shape index (κ2) is 8.75. The minimum absolute atomic E-state index is 1.08. The number of aromatic nitrogens is 2. The number of piperazine rings is 2. The van der Waals surface area contributed by atoms with E-state index >= 15 is 0 Å². The lowest BCUT2D eigenvalue weighted by molar-refractivity contribution is 0.588. The quantitative estimate of drug-likeness (QED) is 0.844. The third kappa shape index (κ3) is 4.89. The molecule has 0 amide bonds. The van der Waals surface area contributed by atoms with Crippen molar-refractivity contribution in [3.8, 4) is 0 Å². The van der Waals surface area contributed by atoms with Gasteiger partial charge in [0.2, 0.25) is 0 Å². The van der Waals surface area contributed by atoms with Gasteiger partial charge in [0.25, 0.3) is 0 Å². The Morgan fingerprint density at radius 2 is 1.12 bits per heavy atom. The zero-order valence-corrected chi connectivity index (χ0v) is 16.0. The molecule has 2 fully saturated rings. The van der Waals surface area contributed by atoms with Crippen LogP contribution in [0.2, 0.25) is 0 Å². The number of anilines is 2. The Bertz CT molecular complexity index is 559. The van der Waals surface area contributed by atoms with Crippen LogP contribution in [0, 0.1) is 13.8 Å². The van der Waals surface area contributed by atoms with Gasteiger partial charge in [0.15, 0.2) is 10.3 Å². The van der Waals surface area contributed by atoms with Gasteiger partial charge in [-0.2, -0.15) is 0 Å². The van der Waals surface area contributed by atoms with Gasteiger partial charge in [-0.25, -0.2) is 9.97 Å². The van der Waals surface area contributed by atoms with Gasteiger partial charge < -0.3 is 20.4 Å². The van der Waals surface area contributed by atoms with E-state index in [1.165, 1.54) is 10.3 Å². The van der Waals surface area contributed by atoms with Gasteiger partial charge in [0.1, 0.15) is 0 Å². The SMILES string of the molecule is Cc1csc(N2CCNCC2)n1.Cc1csc(N2CCNCC2)n1. The highest BCUT2D eigenvalue weighted by molar-refractivity contribution is 7.14. The first-order valence-electron chi connectivity index (χ1n) is 8.48. The Labute approximate surface area is 151 Å². The maximum absolute atomic E-state index is 4.45. The van der Waals surface area contributed by atoms with Crippen molar-refractivity contribution in [3.05, 3.63) is 22.1 Å². The maximum atomic E-state index is 4.45. The summed E-state index contributed by atoms with van der Waals surface area (Å²) in [6, 6.07) is 0. The Morgan fingerprint density at radius 1 is 0.750 bits per heavy atom. The molecule has 0 aliphatic carbocycles. The molecule has 2 N–H and O–H groups in total. The molecule has 4 rings (SSSR count). The number of nitrogens with one attached hydrogen (secondary N) is 2. The van der Waals surface area contributed by atoms with Gasteiger partial charge in [-0.15, -0.1) is 22.7 Å². The van der Waals surface area contributed by atoms with E-state index in [0.717, 1.165) is 63.7 Å². The molecule has 2 aliphatic heterocycles. The van der Waals surface area contributed by atoms with Crippen LogP contribution in [0.5, 0.6) is 0 Å². The second-order valence-electron chi connectivity index (χ2n) is 6.02. The molecule has 0 saturated carbocycles. The number of aryl methyl sites for hydroxylation is 2. The van der Waals surface area contributed by atoms with Crippen LogP contribution >= 0.6 is 22.7 Å². The Balaban J connectivity index is 0.000000141. The molecule has 0 radical (unpaired) electrons. The summed E-state index contributed by atoms with van der Waals surface area (Å²) in [5.74, 6) is 0. The number of rotatable bonds is 2. The molecule has 2 saturated heterocycles. The molecule has 0 unspecified atom stereocenters. The monoisotopic (exact) mass is 366 g/mol. The summed E-state index contributed by atoms with van der Waals surface area (Å²) in [5.41, 5.74) is 2.27. The van der Waals surface area contributed by atoms with Gasteiger partial charge in [-0.1, -0.05) is 0 Å². The largest absolute Gasteiger partial charge is 0.346 e. The van der Waals surface area contributed by atoms with Crippen LogP contribution in [-0.2, 0) is 0 Å². The second-order valence-corrected chi connectivity index (χ2v) is 7.69. The Hall–Kier alpha value is -1.22. The molecule has 24 heavy (non-hydrogen) atoms. The van der Waals surface area contributed by atoms with E-state index < -0.39 is 0 Å². The summed E-state index contributed by atoms with van der Waals surface area (Å²) in [6.07, 6.45) is 0. The lowest BCUT2D eigenvalue weighted by Crippen LogP contribution is -2.43. The Morgan fingerprint density at radius 3 is 1.42 bits per heavy atom. The molecular weight excluding hydrogens is 340 g/mol.